The lowest BCUT2D eigenvalue weighted by Crippen LogP contribution is -2.08. The number of phenols is 1. The molecule has 1 rings (SSSR count). The molecule has 1 aromatic carbocycles. The van der Waals surface area contributed by atoms with Gasteiger partial charge in [-0.1, -0.05) is 19.9 Å². The molecule has 0 aliphatic heterocycles. The van der Waals surface area contributed by atoms with Crippen molar-refractivity contribution in [3.63, 3.8) is 0 Å². The number of hydrogen-bond acceptors (Lipinski definition) is 3. The second-order valence-electron chi connectivity index (χ2n) is 2.04. The highest BCUT2D eigenvalue weighted by atomic mass is 16.5. The summed E-state index contributed by atoms with van der Waals surface area (Å²) in [6.45, 7) is 4.00. The molecule has 0 fully saturated rings. The van der Waals surface area contributed by atoms with Crippen LogP contribution in [0.4, 0.5) is 5.69 Å². The number of benzene rings is 1. The molecule has 0 heterocycles. The molecule has 0 aliphatic carbocycles. The van der Waals surface area contributed by atoms with Crippen molar-refractivity contribution in [1.82, 2.24) is 0 Å². The summed E-state index contributed by atoms with van der Waals surface area (Å²) >= 11 is 0. The van der Waals surface area contributed by atoms with E-state index in [1.165, 1.54) is 13.1 Å². The Bertz CT molecular complexity index is 224. The van der Waals surface area contributed by atoms with Crippen LogP contribution in [0.1, 0.15) is 13.8 Å². The van der Waals surface area contributed by atoms with Gasteiger partial charge in [0.05, 0.1) is 5.69 Å². The highest BCUT2D eigenvalue weighted by Gasteiger charge is 1.95. The number of aromatic hydroxyl groups is 1. The largest absolute Gasteiger partial charge is 0.508 e. The van der Waals surface area contributed by atoms with E-state index in [0.29, 0.717) is 5.69 Å². The SMILES string of the molecule is CC.CN(O)c1cccc(O)c1. The van der Waals surface area contributed by atoms with Crippen molar-refractivity contribution in [2.24, 2.45) is 0 Å². The van der Waals surface area contributed by atoms with E-state index in [9.17, 15) is 0 Å². The van der Waals surface area contributed by atoms with Crippen LogP contribution < -0.4 is 5.06 Å². The minimum atomic E-state index is 0.151. The van der Waals surface area contributed by atoms with Gasteiger partial charge in [0.2, 0.25) is 0 Å². The van der Waals surface area contributed by atoms with Gasteiger partial charge in [0.15, 0.2) is 0 Å². The van der Waals surface area contributed by atoms with Gasteiger partial charge >= 0.3 is 0 Å². The molecular formula is C9H15NO2. The van der Waals surface area contributed by atoms with E-state index in [-0.39, 0.29) is 5.75 Å². The highest BCUT2D eigenvalue weighted by molar-refractivity contribution is 5.47. The minimum Gasteiger partial charge on any atom is -0.508 e. The first-order valence-corrected chi connectivity index (χ1v) is 3.92. The van der Waals surface area contributed by atoms with Crippen molar-refractivity contribution in [2.75, 3.05) is 12.1 Å². The second-order valence-corrected chi connectivity index (χ2v) is 2.04. The van der Waals surface area contributed by atoms with E-state index < -0.39 is 0 Å². The van der Waals surface area contributed by atoms with E-state index in [2.05, 4.69) is 0 Å². The molecule has 3 heteroatoms. The zero-order valence-electron chi connectivity index (χ0n) is 7.65. The molecule has 0 aromatic heterocycles. The predicted octanol–water partition coefficient (Wildman–Crippen LogP) is 2.24. The maximum Gasteiger partial charge on any atom is 0.117 e. The first-order valence-electron chi connectivity index (χ1n) is 3.92. The number of hydroxylamine groups is 1. The van der Waals surface area contributed by atoms with Gasteiger partial charge in [0.25, 0.3) is 0 Å². The monoisotopic (exact) mass is 169 g/mol. The van der Waals surface area contributed by atoms with Crippen molar-refractivity contribution in [3.05, 3.63) is 24.3 Å². The van der Waals surface area contributed by atoms with Crippen LogP contribution in [-0.4, -0.2) is 17.4 Å². The molecule has 0 unspecified atom stereocenters. The fourth-order valence-corrected chi connectivity index (χ4v) is 0.694. The molecule has 12 heavy (non-hydrogen) atoms. The molecule has 2 N–H and O–H groups in total. The average molecular weight is 169 g/mol. The Hall–Kier alpha value is -1.22. The van der Waals surface area contributed by atoms with E-state index in [1.807, 2.05) is 13.8 Å². The van der Waals surface area contributed by atoms with Crippen molar-refractivity contribution in [2.45, 2.75) is 13.8 Å². The summed E-state index contributed by atoms with van der Waals surface area (Å²) < 4.78 is 0. The third-order valence-corrected chi connectivity index (χ3v) is 1.20. The molecule has 0 atom stereocenters. The molecule has 3 nitrogen and oxygen atoms in total. The van der Waals surface area contributed by atoms with Gasteiger partial charge in [-0.05, 0) is 12.1 Å². The first kappa shape index (κ1) is 10.8. The molecule has 0 saturated carbocycles. The lowest BCUT2D eigenvalue weighted by Gasteiger charge is -2.09. The average Bonchev–Trinajstić information content (AvgIpc) is 2.08. The summed E-state index contributed by atoms with van der Waals surface area (Å²) in [5, 5.41) is 18.7. The van der Waals surface area contributed by atoms with E-state index in [0.717, 1.165) is 5.06 Å². The summed E-state index contributed by atoms with van der Waals surface area (Å²) in [6, 6.07) is 6.38. The summed E-state index contributed by atoms with van der Waals surface area (Å²) in [6.07, 6.45) is 0. The summed E-state index contributed by atoms with van der Waals surface area (Å²) in [4.78, 5) is 0. The normalized spacial score (nSPS) is 8.33. The molecule has 0 spiro atoms. The van der Waals surface area contributed by atoms with Gasteiger partial charge in [-0.2, -0.15) is 0 Å². The van der Waals surface area contributed by atoms with Gasteiger partial charge in [-0.15, -0.1) is 0 Å². The number of anilines is 1. The Morgan fingerprint density at radius 1 is 1.25 bits per heavy atom. The topological polar surface area (TPSA) is 43.7 Å². The Morgan fingerprint density at radius 2 is 1.83 bits per heavy atom. The van der Waals surface area contributed by atoms with Crippen molar-refractivity contribution in [1.29, 1.82) is 0 Å². The fraction of sp³-hybridized carbons (Fsp3) is 0.333. The molecule has 0 bridgehead atoms. The smallest absolute Gasteiger partial charge is 0.117 e. The lowest BCUT2D eigenvalue weighted by molar-refractivity contribution is 0.279. The van der Waals surface area contributed by atoms with Crippen molar-refractivity contribution in [3.8, 4) is 5.75 Å². The Morgan fingerprint density at radius 3 is 2.17 bits per heavy atom. The highest BCUT2D eigenvalue weighted by Crippen LogP contribution is 2.16. The van der Waals surface area contributed by atoms with E-state index >= 15 is 0 Å². The Kier molecular flexibility index (Phi) is 4.88. The zero-order valence-corrected chi connectivity index (χ0v) is 7.65. The summed E-state index contributed by atoms with van der Waals surface area (Å²) in [7, 11) is 1.49. The number of hydrogen-bond donors (Lipinski definition) is 2. The third kappa shape index (κ3) is 3.25. The second kappa shape index (κ2) is 5.43. The van der Waals surface area contributed by atoms with Gasteiger partial charge in [0.1, 0.15) is 5.75 Å². The Labute approximate surface area is 72.8 Å². The van der Waals surface area contributed by atoms with E-state index in [1.54, 1.807) is 18.2 Å². The predicted molar refractivity (Wildman–Crippen MR) is 49.6 cm³/mol. The quantitative estimate of drug-likeness (QED) is 0.634. The maximum absolute atomic E-state index is 8.92. The first-order chi connectivity index (χ1) is 5.70. The molecular weight excluding hydrogens is 154 g/mol. The van der Waals surface area contributed by atoms with Crippen molar-refractivity contribution >= 4 is 5.69 Å². The molecule has 0 amide bonds. The molecule has 1 aromatic rings. The maximum atomic E-state index is 8.92. The van der Waals surface area contributed by atoms with Gasteiger partial charge in [-0.3, -0.25) is 10.3 Å². The third-order valence-electron chi connectivity index (χ3n) is 1.20. The summed E-state index contributed by atoms with van der Waals surface area (Å²) in [5.74, 6) is 0.151. The van der Waals surface area contributed by atoms with Crippen LogP contribution >= 0.6 is 0 Å². The van der Waals surface area contributed by atoms with Crippen LogP contribution in [0.25, 0.3) is 0 Å². The lowest BCUT2D eigenvalue weighted by atomic mass is 10.3. The zero-order chi connectivity index (χ0) is 9.56. The number of phenolic OH excluding ortho intramolecular Hbond substituents is 1. The van der Waals surface area contributed by atoms with E-state index in [4.69, 9.17) is 10.3 Å². The van der Waals surface area contributed by atoms with Crippen molar-refractivity contribution < 1.29 is 10.3 Å². The molecule has 0 radical (unpaired) electrons. The van der Waals surface area contributed by atoms with Crippen LogP contribution in [0.3, 0.4) is 0 Å². The number of rotatable bonds is 1. The van der Waals surface area contributed by atoms with Gasteiger partial charge in [0, 0.05) is 13.1 Å². The van der Waals surface area contributed by atoms with Gasteiger partial charge in [-0.25, -0.2) is 0 Å². The van der Waals surface area contributed by atoms with Gasteiger partial charge < -0.3 is 5.11 Å². The fourth-order valence-electron chi connectivity index (χ4n) is 0.694. The van der Waals surface area contributed by atoms with Crippen LogP contribution in [0, 0.1) is 0 Å². The Balaban J connectivity index is 0.000000561. The molecule has 0 saturated heterocycles. The molecule has 0 aliphatic rings. The number of nitrogens with zero attached hydrogens (tertiary/aromatic N) is 1. The van der Waals surface area contributed by atoms with Crippen LogP contribution in [0.15, 0.2) is 24.3 Å². The van der Waals surface area contributed by atoms with Crippen LogP contribution in [0.2, 0.25) is 0 Å². The molecule has 68 valence electrons. The van der Waals surface area contributed by atoms with Crippen LogP contribution in [-0.2, 0) is 0 Å². The minimum absolute atomic E-state index is 0.151. The summed E-state index contributed by atoms with van der Waals surface area (Å²) in [5.41, 5.74) is 0.569. The van der Waals surface area contributed by atoms with Crippen LogP contribution in [0.5, 0.6) is 5.75 Å². The standard InChI is InChI=1S/C7H9NO2.C2H6/c1-8(10)6-3-2-4-7(9)5-6;1-2/h2-5,9-10H,1H3;1-2H3.